The summed E-state index contributed by atoms with van der Waals surface area (Å²) in [6.07, 6.45) is 9.69. The zero-order valence-electron chi connectivity index (χ0n) is 8.29. The first-order valence-corrected chi connectivity index (χ1v) is 5.15. The van der Waals surface area contributed by atoms with Gasteiger partial charge < -0.3 is 4.74 Å². The SMILES string of the molecule is CCOC(=O)CCC1C=CCCC1. The Kier molecular flexibility index (Phi) is 4.58. The third-order valence-electron chi connectivity index (χ3n) is 2.38. The molecule has 0 aromatic carbocycles. The van der Waals surface area contributed by atoms with Crippen LogP contribution in [0.5, 0.6) is 0 Å². The van der Waals surface area contributed by atoms with E-state index in [2.05, 4.69) is 12.2 Å². The zero-order chi connectivity index (χ0) is 9.52. The van der Waals surface area contributed by atoms with Crippen LogP contribution in [0.25, 0.3) is 0 Å². The second-order valence-corrected chi connectivity index (χ2v) is 3.46. The Morgan fingerprint density at radius 2 is 2.46 bits per heavy atom. The molecule has 0 aromatic heterocycles. The molecule has 0 saturated carbocycles. The number of esters is 1. The summed E-state index contributed by atoms with van der Waals surface area (Å²) in [5, 5.41) is 0. The molecule has 0 radical (unpaired) electrons. The number of carbonyl (C=O) groups is 1. The van der Waals surface area contributed by atoms with Crippen LogP contribution in [0.3, 0.4) is 0 Å². The summed E-state index contributed by atoms with van der Waals surface area (Å²) >= 11 is 0. The summed E-state index contributed by atoms with van der Waals surface area (Å²) in [5.41, 5.74) is 0. The van der Waals surface area contributed by atoms with Crippen molar-refractivity contribution in [3.63, 3.8) is 0 Å². The fraction of sp³-hybridized carbons (Fsp3) is 0.727. The molecule has 0 heterocycles. The lowest BCUT2D eigenvalue weighted by Crippen LogP contribution is -2.08. The molecule has 0 spiro atoms. The van der Waals surface area contributed by atoms with E-state index >= 15 is 0 Å². The highest BCUT2D eigenvalue weighted by Crippen LogP contribution is 2.21. The molecule has 74 valence electrons. The van der Waals surface area contributed by atoms with Crippen LogP contribution < -0.4 is 0 Å². The van der Waals surface area contributed by atoms with Crippen LogP contribution in [-0.2, 0) is 9.53 Å². The summed E-state index contributed by atoms with van der Waals surface area (Å²) in [5.74, 6) is 0.555. The topological polar surface area (TPSA) is 26.3 Å². The van der Waals surface area contributed by atoms with Crippen molar-refractivity contribution in [3.05, 3.63) is 12.2 Å². The van der Waals surface area contributed by atoms with Crippen LogP contribution in [0, 0.1) is 5.92 Å². The van der Waals surface area contributed by atoms with Gasteiger partial charge in [-0.1, -0.05) is 12.2 Å². The molecule has 13 heavy (non-hydrogen) atoms. The minimum absolute atomic E-state index is 0.0542. The van der Waals surface area contributed by atoms with Gasteiger partial charge in [0.1, 0.15) is 0 Å². The predicted molar refractivity (Wildman–Crippen MR) is 52.3 cm³/mol. The molecule has 0 saturated heterocycles. The first-order chi connectivity index (χ1) is 6.33. The Labute approximate surface area is 80.0 Å². The quantitative estimate of drug-likeness (QED) is 0.493. The number of ether oxygens (including phenoxy) is 1. The van der Waals surface area contributed by atoms with Crippen LogP contribution in [0.1, 0.15) is 39.0 Å². The highest BCUT2D eigenvalue weighted by atomic mass is 16.5. The fourth-order valence-corrected chi connectivity index (χ4v) is 1.66. The van der Waals surface area contributed by atoms with Crippen molar-refractivity contribution in [1.29, 1.82) is 0 Å². The van der Waals surface area contributed by atoms with Gasteiger partial charge in [-0.05, 0) is 38.5 Å². The maximum atomic E-state index is 11.0. The van der Waals surface area contributed by atoms with Crippen LogP contribution in [0.4, 0.5) is 0 Å². The Morgan fingerprint density at radius 1 is 1.62 bits per heavy atom. The van der Waals surface area contributed by atoms with Gasteiger partial charge in [-0.25, -0.2) is 0 Å². The Hall–Kier alpha value is -0.790. The smallest absolute Gasteiger partial charge is 0.305 e. The summed E-state index contributed by atoms with van der Waals surface area (Å²) in [6.45, 7) is 2.34. The van der Waals surface area contributed by atoms with E-state index in [-0.39, 0.29) is 5.97 Å². The Morgan fingerprint density at radius 3 is 3.08 bits per heavy atom. The van der Waals surface area contributed by atoms with Gasteiger partial charge in [0.25, 0.3) is 0 Å². The molecule has 0 amide bonds. The van der Waals surface area contributed by atoms with E-state index in [1.165, 1.54) is 19.3 Å². The monoisotopic (exact) mass is 182 g/mol. The summed E-state index contributed by atoms with van der Waals surface area (Å²) < 4.78 is 4.87. The third kappa shape index (κ3) is 4.11. The standard InChI is InChI=1S/C11H18O2/c1-2-13-11(12)9-8-10-6-4-3-5-7-10/h4,6,10H,2-3,5,7-9H2,1H3. The van der Waals surface area contributed by atoms with E-state index in [0.717, 1.165) is 6.42 Å². The predicted octanol–water partition coefficient (Wildman–Crippen LogP) is 2.69. The van der Waals surface area contributed by atoms with Gasteiger partial charge in [-0.3, -0.25) is 4.79 Å². The molecule has 1 atom stereocenters. The van der Waals surface area contributed by atoms with Gasteiger partial charge in [0.05, 0.1) is 6.61 Å². The minimum Gasteiger partial charge on any atom is -0.466 e. The molecule has 1 aliphatic carbocycles. The van der Waals surface area contributed by atoms with E-state index in [1.807, 2.05) is 6.92 Å². The summed E-state index contributed by atoms with van der Waals surface area (Å²) in [6, 6.07) is 0. The lowest BCUT2D eigenvalue weighted by Gasteiger charge is -2.15. The van der Waals surface area contributed by atoms with Crippen molar-refractivity contribution in [2.75, 3.05) is 6.61 Å². The van der Waals surface area contributed by atoms with Crippen molar-refractivity contribution in [1.82, 2.24) is 0 Å². The van der Waals surface area contributed by atoms with Crippen molar-refractivity contribution >= 4 is 5.97 Å². The average molecular weight is 182 g/mol. The number of hydrogen-bond donors (Lipinski definition) is 0. The lowest BCUT2D eigenvalue weighted by atomic mass is 9.92. The number of rotatable bonds is 4. The van der Waals surface area contributed by atoms with Gasteiger partial charge in [0.2, 0.25) is 0 Å². The largest absolute Gasteiger partial charge is 0.466 e. The minimum atomic E-state index is -0.0542. The summed E-state index contributed by atoms with van der Waals surface area (Å²) in [7, 11) is 0. The van der Waals surface area contributed by atoms with Crippen molar-refractivity contribution in [2.45, 2.75) is 39.0 Å². The summed E-state index contributed by atoms with van der Waals surface area (Å²) in [4.78, 5) is 11.0. The molecular formula is C11H18O2. The molecule has 2 nitrogen and oxygen atoms in total. The van der Waals surface area contributed by atoms with Gasteiger partial charge >= 0.3 is 5.97 Å². The highest BCUT2D eigenvalue weighted by molar-refractivity contribution is 5.69. The number of carbonyl (C=O) groups excluding carboxylic acids is 1. The maximum Gasteiger partial charge on any atom is 0.305 e. The maximum absolute atomic E-state index is 11.0. The molecule has 0 aromatic rings. The lowest BCUT2D eigenvalue weighted by molar-refractivity contribution is -0.143. The average Bonchev–Trinajstić information content (AvgIpc) is 2.17. The number of hydrogen-bond acceptors (Lipinski definition) is 2. The van der Waals surface area contributed by atoms with Gasteiger partial charge in [-0.15, -0.1) is 0 Å². The van der Waals surface area contributed by atoms with Gasteiger partial charge in [-0.2, -0.15) is 0 Å². The van der Waals surface area contributed by atoms with Gasteiger partial charge in [0.15, 0.2) is 0 Å². The molecule has 1 unspecified atom stereocenters. The van der Waals surface area contributed by atoms with E-state index in [1.54, 1.807) is 0 Å². The first kappa shape index (κ1) is 10.3. The van der Waals surface area contributed by atoms with Gasteiger partial charge in [0, 0.05) is 6.42 Å². The molecule has 0 bridgehead atoms. The third-order valence-corrected chi connectivity index (χ3v) is 2.38. The number of allylic oxidation sites excluding steroid dienone is 2. The molecule has 2 heteroatoms. The molecule has 1 rings (SSSR count). The Balaban J connectivity index is 2.14. The van der Waals surface area contributed by atoms with Crippen molar-refractivity contribution in [2.24, 2.45) is 5.92 Å². The second-order valence-electron chi connectivity index (χ2n) is 3.46. The van der Waals surface area contributed by atoms with E-state index < -0.39 is 0 Å². The molecule has 1 aliphatic rings. The van der Waals surface area contributed by atoms with E-state index in [9.17, 15) is 4.79 Å². The van der Waals surface area contributed by atoms with Crippen molar-refractivity contribution in [3.8, 4) is 0 Å². The molecule has 0 fully saturated rings. The van der Waals surface area contributed by atoms with Crippen LogP contribution in [-0.4, -0.2) is 12.6 Å². The van der Waals surface area contributed by atoms with Crippen LogP contribution in [0.2, 0.25) is 0 Å². The molecule has 0 aliphatic heterocycles. The molecular weight excluding hydrogens is 164 g/mol. The zero-order valence-corrected chi connectivity index (χ0v) is 8.29. The first-order valence-electron chi connectivity index (χ1n) is 5.15. The Bertz CT molecular complexity index is 185. The van der Waals surface area contributed by atoms with Crippen molar-refractivity contribution < 1.29 is 9.53 Å². The van der Waals surface area contributed by atoms with E-state index in [0.29, 0.717) is 18.9 Å². The normalized spacial score (nSPS) is 21.5. The van der Waals surface area contributed by atoms with E-state index in [4.69, 9.17) is 4.74 Å². The van der Waals surface area contributed by atoms with Crippen LogP contribution >= 0.6 is 0 Å². The second kappa shape index (κ2) is 5.79. The van der Waals surface area contributed by atoms with Crippen LogP contribution in [0.15, 0.2) is 12.2 Å². The highest BCUT2D eigenvalue weighted by Gasteiger charge is 2.10. The fourth-order valence-electron chi connectivity index (χ4n) is 1.66. The molecule has 0 N–H and O–H groups in total.